The summed E-state index contributed by atoms with van der Waals surface area (Å²) in [5, 5.41) is 12.7. The Kier molecular flexibility index (Phi) is 16.9. The molecule has 1 amide bonds. The highest BCUT2D eigenvalue weighted by atomic mass is 32.1. The summed E-state index contributed by atoms with van der Waals surface area (Å²) in [6, 6.07) is 7.35. The summed E-state index contributed by atoms with van der Waals surface area (Å²) in [6.07, 6.45) is 23.4. The molecule has 0 aliphatic carbocycles. The summed E-state index contributed by atoms with van der Waals surface area (Å²) in [6.45, 7) is 5.19. The number of hydrogen-bond donors (Lipinski definition) is 1. The van der Waals surface area contributed by atoms with E-state index in [-0.39, 0.29) is 5.91 Å². The molecule has 0 radical (unpaired) electrons. The van der Waals surface area contributed by atoms with E-state index in [9.17, 15) is 4.79 Å². The van der Waals surface area contributed by atoms with Crippen LogP contribution in [0.3, 0.4) is 0 Å². The van der Waals surface area contributed by atoms with Crippen molar-refractivity contribution in [1.82, 2.24) is 10.2 Å². The van der Waals surface area contributed by atoms with Crippen molar-refractivity contribution in [3.05, 3.63) is 34.8 Å². The number of aromatic nitrogens is 2. The van der Waals surface area contributed by atoms with Crippen molar-refractivity contribution >= 4 is 22.4 Å². The Hall–Kier alpha value is -1.95. The van der Waals surface area contributed by atoms with Crippen molar-refractivity contribution in [3.63, 3.8) is 0 Å². The molecule has 0 bridgehead atoms. The summed E-state index contributed by atoms with van der Waals surface area (Å²) in [5.41, 5.74) is 0.599. The maximum atomic E-state index is 12.5. The highest BCUT2D eigenvalue weighted by Gasteiger charge is 2.10. The lowest BCUT2D eigenvalue weighted by Gasteiger charge is -2.07. The molecule has 6 heteroatoms. The van der Waals surface area contributed by atoms with Crippen LogP contribution >= 0.6 is 11.3 Å². The lowest BCUT2D eigenvalue weighted by Crippen LogP contribution is -2.11. The molecule has 0 atom stereocenters. The monoisotopic (exact) mass is 515 g/mol. The molecule has 1 aromatic heterocycles. The summed E-state index contributed by atoms with van der Waals surface area (Å²) in [7, 11) is 0. The number of unbranched alkanes of at least 4 members (excludes halogenated alkanes) is 15. The van der Waals surface area contributed by atoms with E-state index in [0.29, 0.717) is 10.7 Å². The van der Waals surface area contributed by atoms with Crippen molar-refractivity contribution < 1.29 is 9.53 Å². The maximum Gasteiger partial charge on any atom is 0.257 e. The summed E-state index contributed by atoms with van der Waals surface area (Å²) in [5.74, 6) is 0.653. The third-order valence-corrected chi connectivity index (χ3v) is 7.46. The first-order valence-corrected chi connectivity index (χ1v) is 15.4. The topological polar surface area (TPSA) is 64.1 Å². The minimum atomic E-state index is -0.162. The zero-order chi connectivity index (χ0) is 25.7. The fourth-order valence-electron chi connectivity index (χ4n) is 4.29. The lowest BCUT2D eigenvalue weighted by molar-refractivity contribution is 0.102. The number of aryl methyl sites for hydroxylation is 1. The molecular formula is C30H49N3O2S. The quantitative estimate of drug-likeness (QED) is 0.159. The molecular weight excluding hydrogens is 466 g/mol. The van der Waals surface area contributed by atoms with Crippen LogP contribution in [-0.4, -0.2) is 22.7 Å². The molecule has 2 aromatic rings. The fourth-order valence-corrected chi connectivity index (χ4v) is 5.07. The number of hydrogen-bond acceptors (Lipinski definition) is 5. The number of carbonyl (C=O) groups excluding carboxylic acids is 1. The van der Waals surface area contributed by atoms with Gasteiger partial charge in [-0.2, -0.15) is 0 Å². The minimum absolute atomic E-state index is 0.162. The van der Waals surface area contributed by atoms with Crippen molar-refractivity contribution in [1.29, 1.82) is 0 Å². The van der Waals surface area contributed by atoms with Crippen molar-refractivity contribution in [2.75, 3.05) is 11.9 Å². The SMILES string of the molecule is CCCCCCCCCCCCCCCCOc1ccc(C(=O)Nc2nnc(CCCCC)s2)cc1. The smallest absolute Gasteiger partial charge is 0.257 e. The molecule has 0 aliphatic rings. The molecule has 2 rings (SSSR count). The van der Waals surface area contributed by atoms with Crippen LogP contribution in [0.15, 0.2) is 24.3 Å². The van der Waals surface area contributed by atoms with Gasteiger partial charge in [0.1, 0.15) is 10.8 Å². The molecule has 0 saturated carbocycles. The van der Waals surface area contributed by atoms with Crippen LogP contribution in [0.5, 0.6) is 5.75 Å². The number of carbonyl (C=O) groups is 1. The van der Waals surface area contributed by atoms with Crippen LogP contribution < -0.4 is 10.1 Å². The number of anilines is 1. The Balaban J connectivity index is 1.47. The molecule has 1 heterocycles. The average molecular weight is 516 g/mol. The van der Waals surface area contributed by atoms with Gasteiger partial charge in [-0.3, -0.25) is 10.1 Å². The Morgan fingerprint density at radius 1 is 0.722 bits per heavy atom. The van der Waals surface area contributed by atoms with Crippen LogP contribution in [0, 0.1) is 0 Å². The largest absolute Gasteiger partial charge is 0.494 e. The van der Waals surface area contributed by atoms with E-state index in [4.69, 9.17) is 4.74 Å². The van der Waals surface area contributed by atoms with E-state index in [2.05, 4.69) is 29.4 Å². The van der Waals surface area contributed by atoms with Gasteiger partial charge in [0, 0.05) is 12.0 Å². The van der Waals surface area contributed by atoms with Gasteiger partial charge in [-0.15, -0.1) is 10.2 Å². The molecule has 0 aliphatic heterocycles. The Morgan fingerprint density at radius 3 is 1.83 bits per heavy atom. The van der Waals surface area contributed by atoms with Gasteiger partial charge < -0.3 is 4.74 Å². The van der Waals surface area contributed by atoms with E-state index in [1.807, 2.05) is 12.1 Å². The van der Waals surface area contributed by atoms with Crippen LogP contribution in [-0.2, 0) is 6.42 Å². The van der Waals surface area contributed by atoms with Gasteiger partial charge in [-0.05, 0) is 37.1 Å². The van der Waals surface area contributed by atoms with Gasteiger partial charge in [-0.25, -0.2) is 0 Å². The molecule has 1 N–H and O–H groups in total. The zero-order valence-corrected chi connectivity index (χ0v) is 23.7. The predicted molar refractivity (Wildman–Crippen MR) is 153 cm³/mol. The summed E-state index contributed by atoms with van der Waals surface area (Å²) >= 11 is 1.46. The van der Waals surface area contributed by atoms with Crippen molar-refractivity contribution in [2.45, 2.75) is 129 Å². The Labute approximate surface area is 223 Å². The molecule has 0 saturated heterocycles. The van der Waals surface area contributed by atoms with E-state index < -0.39 is 0 Å². The molecule has 5 nitrogen and oxygen atoms in total. The standard InChI is InChI=1S/C30H49N3O2S/c1-3-5-7-8-9-10-11-12-13-14-15-16-17-19-25-35-27-23-21-26(22-24-27)29(34)31-30-33-32-28(36-30)20-18-6-4-2/h21-24H,3-20,25H2,1-2H3,(H,31,33,34). The molecule has 0 spiro atoms. The molecule has 1 aromatic carbocycles. The second-order valence-electron chi connectivity index (χ2n) is 9.88. The number of benzene rings is 1. The lowest BCUT2D eigenvalue weighted by atomic mass is 10.0. The average Bonchev–Trinajstić information content (AvgIpc) is 3.34. The van der Waals surface area contributed by atoms with E-state index in [1.165, 1.54) is 108 Å². The van der Waals surface area contributed by atoms with Gasteiger partial charge in [0.2, 0.25) is 5.13 Å². The van der Waals surface area contributed by atoms with Crippen LogP contribution in [0.1, 0.15) is 138 Å². The van der Waals surface area contributed by atoms with Gasteiger partial charge >= 0.3 is 0 Å². The first-order valence-electron chi connectivity index (χ1n) is 14.6. The van der Waals surface area contributed by atoms with Gasteiger partial charge in [0.15, 0.2) is 0 Å². The predicted octanol–water partition coefficient (Wildman–Crippen LogP) is 9.38. The van der Waals surface area contributed by atoms with Crippen molar-refractivity contribution in [3.8, 4) is 5.75 Å². The van der Waals surface area contributed by atoms with E-state index in [0.717, 1.165) is 36.6 Å². The second kappa shape index (κ2) is 20.1. The first kappa shape index (κ1) is 30.3. The third kappa shape index (κ3) is 14.0. The number of nitrogens with one attached hydrogen (secondary N) is 1. The summed E-state index contributed by atoms with van der Waals surface area (Å²) < 4.78 is 5.86. The molecule has 36 heavy (non-hydrogen) atoms. The third-order valence-electron chi connectivity index (χ3n) is 6.56. The highest BCUT2D eigenvalue weighted by Crippen LogP contribution is 2.20. The van der Waals surface area contributed by atoms with Gasteiger partial charge in [0.05, 0.1) is 6.61 Å². The van der Waals surface area contributed by atoms with Crippen LogP contribution in [0.25, 0.3) is 0 Å². The fraction of sp³-hybridized carbons (Fsp3) is 0.700. The maximum absolute atomic E-state index is 12.5. The van der Waals surface area contributed by atoms with Gasteiger partial charge in [-0.1, -0.05) is 121 Å². The van der Waals surface area contributed by atoms with E-state index in [1.54, 1.807) is 12.1 Å². The van der Waals surface area contributed by atoms with Crippen LogP contribution in [0.4, 0.5) is 5.13 Å². The molecule has 0 fully saturated rings. The number of nitrogens with zero attached hydrogens (tertiary/aromatic N) is 2. The van der Waals surface area contributed by atoms with Crippen molar-refractivity contribution in [2.24, 2.45) is 0 Å². The first-order chi connectivity index (χ1) is 17.7. The summed E-state index contributed by atoms with van der Waals surface area (Å²) in [4.78, 5) is 12.5. The van der Waals surface area contributed by atoms with Gasteiger partial charge in [0.25, 0.3) is 5.91 Å². The number of amides is 1. The highest BCUT2D eigenvalue weighted by molar-refractivity contribution is 7.15. The normalized spacial score (nSPS) is 11.1. The minimum Gasteiger partial charge on any atom is -0.494 e. The van der Waals surface area contributed by atoms with E-state index >= 15 is 0 Å². The van der Waals surface area contributed by atoms with Crippen LogP contribution in [0.2, 0.25) is 0 Å². The second-order valence-corrected chi connectivity index (χ2v) is 10.9. The number of ether oxygens (including phenoxy) is 1. The molecule has 202 valence electrons. The number of rotatable bonds is 22. The zero-order valence-electron chi connectivity index (χ0n) is 22.9. The Bertz CT molecular complexity index is 807. The molecule has 0 unspecified atom stereocenters. The Morgan fingerprint density at radius 2 is 1.25 bits per heavy atom.